The first-order valence-corrected chi connectivity index (χ1v) is 7.44. The van der Waals surface area contributed by atoms with Crippen LogP contribution in [0.25, 0.3) is 0 Å². The number of amides is 1. The number of carboxylic acids is 1. The molecule has 1 heterocycles. The summed E-state index contributed by atoms with van der Waals surface area (Å²) in [6.45, 7) is 3.78. The molecular weight excluding hydrogens is 278 g/mol. The molecule has 1 saturated heterocycles. The monoisotopic (exact) mass is 295 g/mol. The molecule has 1 aliphatic rings. The van der Waals surface area contributed by atoms with E-state index in [0.29, 0.717) is 17.4 Å². The summed E-state index contributed by atoms with van der Waals surface area (Å²) in [5.41, 5.74) is 2.13. The highest BCUT2D eigenvalue weighted by Gasteiger charge is 2.34. The third kappa shape index (κ3) is 3.45. The van der Waals surface area contributed by atoms with Crippen LogP contribution in [0.4, 0.5) is 0 Å². The van der Waals surface area contributed by atoms with Gasteiger partial charge in [0.2, 0.25) is 0 Å². The fourth-order valence-corrected chi connectivity index (χ4v) is 3.31. The van der Waals surface area contributed by atoms with Gasteiger partial charge >= 0.3 is 5.97 Å². The van der Waals surface area contributed by atoms with E-state index in [2.05, 4.69) is 0 Å². The zero-order valence-electron chi connectivity index (χ0n) is 11.5. The van der Waals surface area contributed by atoms with Gasteiger partial charge in [-0.3, -0.25) is 4.79 Å². The van der Waals surface area contributed by atoms with Crippen LogP contribution in [-0.4, -0.2) is 46.2 Å². The van der Waals surface area contributed by atoms with Crippen molar-refractivity contribution in [3.05, 3.63) is 29.3 Å². The van der Waals surface area contributed by atoms with Crippen molar-refractivity contribution in [2.45, 2.75) is 19.9 Å². The Morgan fingerprint density at radius 2 is 2.00 bits per heavy atom. The first kappa shape index (κ1) is 14.7. The maximum absolute atomic E-state index is 12.0. The molecule has 0 spiro atoms. The van der Waals surface area contributed by atoms with Crippen molar-refractivity contribution in [3.63, 3.8) is 0 Å². The molecule has 0 aromatic heterocycles. The van der Waals surface area contributed by atoms with Gasteiger partial charge in [-0.05, 0) is 37.1 Å². The number of carboxylic acid groups (broad SMARTS) is 1. The van der Waals surface area contributed by atoms with Crippen molar-refractivity contribution in [1.29, 1.82) is 0 Å². The smallest absolute Gasteiger partial charge is 0.327 e. The van der Waals surface area contributed by atoms with E-state index < -0.39 is 12.0 Å². The van der Waals surface area contributed by atoms with Crippen LogP contribution in [0.1, 0.15) is 11.1 Å². The molecule has 1 unspecified atom stereocenters. The van der Waals surface area contributed by atoms with Crippen molar-refractivity contribution in [1.82, 2.24) is 4.90 Å². The van der Waals surface area contributed by atoms with Crippen molar-refractivity contribution >= 4 is 23.6 Å². The predicted molar refractivity (Wildman–Crippen MR) is 77.0 cm³/mol. The molecule has 0 bridgehead atoms. The molecule has 1 aliphatic heterocycles. The zero-order valence-corrected chi connectivity index (χ0v) is 12.3. The van der Waals surface area contributed by atoms with Gasteiger partial charge in [-0.25, -0.2) is 4.79 Å². The first-order chi connectivity index (χ1) is 9.47. The number of benzene rings is 1. The molecule has 108 valence electrons. The largest absolute Gasteiger partial charge is 0.484 e. The van der Waals surface area contributed by atoms with E-state index in [1.165, 1.54) is 16.7 Å². The summed E-state index contributed by atoms with van der Waals surface area (Å²) in [6, 6.07) is 4.99. The van der Waals surface area contributed by atoms with E-state index in [0.717, 1.165) is 11.1 Å². The minimum atomic E-state index is -0.963. The standard InChI is InChI=1S/C14H17NO4S/c1-9-3-10(2)5-11(4-9)19-6-13(16)15-8-20-7-12(15)14(17)18/h3-5,12H,6-8H2,1-2H3,(H,17,18). The Kier molecular flexibility index (Phi) is 4.54. The van der Waals surface area contributed by atoms with Crippen LogP contribution in [0.3, 0.4) is 0 Å². The summed E-state index contributed by atoms with van der Waals surface area (Å²) in [4.78, 5) is 24.4. The molecule has 2 rings (SSSR count). The Balaban J connectivity index is 1.96. The van der Waals surface area contributed by atoms with Gasteiger partial charge in [0.25, 0.3) is 5.91 Å². The van der Waals surface area contributed by atoms with Crippen molar-refractivity contribution in [2.24, 2.45) is 0 Å². The van der Waals surface area contributed by atoms with Gasteiger partial charge in [0.1, 0.15) is 11.8 Å². The maximum atomic E-state index is 12.0. The number of rotatable bonds is 4. The average Bonchev–Trinajstić information content (AvgIpc) is 2.84. The summed E-state index contributed by atoms with van der Waals surface area (Å²) in [6.07, 6.45) is 0. The molecule has 0 saturated carbocycles. The molecule has 1 aromatic carbocycles. The lowest BCUT2D eigenvalue weighted by molar-refractivity contribution is -0.148. The van der Waals surface area contributed by atoms with E-state index >= 15 is 0 Å². The van der Waals surface area contributed by atoms with Crippen LogP contribution >= 0.6 is 11.8 Å². The number of aliphatic carboxylic acids is 1. The Morgan fingerprint density at radius 1 is 1.35 bits per heavy atom. The molecule has 0 radical (unpaired) electrons. The number of nitrogens with zero attached hydrogens (tertiary/aromatic N) is 1. The van der Waals surface area contributed by atoms with Crippen LogP contribution in [0.5, 0.6) is 5.75 Å². The Morgan fingerprint density at radius 3 is 2.60 bits per heavy atom. The lowest BCUT2D eigenvalue weighted by atomic mass is 10.1. The van der Waals surface area contributed by atoms with E-state index in [4.69, 9.17) is 9.84 Å². The topological polar surface area (TPSA) is 66.8 Å². The second-order valence-corrected chi connectivity index (χ2v) is 5.83. The van der Waals surface area contributed by atoms with E-state index in [9.17, 15) is 9.59 Å². The van der Waals surface area contributed by atoms with Gasteiger partial charge in [0.15, 0.2) is 6.61 Å². The van der Waals surface area contributed by atoms with Crippen LogP contribution in [0.2, 0.25) is 0 Å². The summed E-state index contributed by atoms with van der Waals surface area (Å²) in [5.74, 6) is 0.224. The number of carbonyl (C=O) groups is 2. The Bertz CT molecular complexity index is 512. The molecule has 5 nitrogen and oxygen atoms in total. The highest BCUT2D eigenvalue weighted by atomic mass is 32.2. The third-order valence-electron chi connectivity index (χ3n) is 3.05. The molecular formula is C14H17NO4S. The number of aryl methyl sites for hydroxylation is 2. The number of ether oxygens (including phenoxy) is 1. The summed E-state index contributed by atoms with van der Waals surface area (Å²) in [7, 11) is 0. The number of hydrogen-bond acceptors (Lipinski definition) is 4. The van der Waals surface area contributed by atoms with E-state index in [-0.39, 0.29) is 12.5 Å². The van der Waals surface area contributed by atoms with Gasteiger partial charge < -0.3 is 14.7 Å². The highest BCUT2D eigenvalue weighted by Crippen LogP contribution is 2.22. The number of hydrogen-bond donors (Lipinski definition) is 1. The predicted octanol–water partition coefficient (Wildman–Crippen LogP) is 1.67. The van der Waals surface area contributed by atoms with E-state index in [1.807, 2.05) is 32.0 Å². The number of thioether (sulfide) groups is 1. The lowest BCUT2D eigenvalue weighted by Crippen LogP contribution is -2.43. The minimum Gasteiger partial charge on any atom is -0.484 e. The van der Waals surface area contributed by atoms with Crippen molar-refractivity contribution < 1.29 is 19.4 Å². The summed E-state index contributed by atoms with van der Waals surface area (Å²) in [5, 5.41) is 9.04. The molecule has 20 heavy (non-hydrogen) atoms. The zero-order chi connectivity index (χ0) is 14.7. The van der Waals surface area contributed by atoms with Crippen LogP contribution in [-0.2, 0) is 9.59 Å². The molecule has 1 atom stereocenters. The third-order valence-corrected chi connectivity index (χ3v) is 4.06. The minimum absolute atomic E-state index is 0.132. The van der Waals surface area contributed by atoms with Crippen molar-refractivity contribution in [2.75, 3.05) is 18.2 Å². The Hall–Kier alpha value is -1.69. The van der Waals surface area contributed by atoms with Crippen LogP contribution in [0.15, 0.2) is 18.2 Å². The number of carbonyl (C=O) groups excluding carboxylic acids is 1. The Labute approximate surface area is 121 Å². The van der Waals surface area contributed by atoms with Crippen molar-refractivity contribution in [3.8, 4) is 5.75 Å². The van der Waals surface area contributed by atoms with Gasteiger partial charge in [0.05, 0.1) is 5.88 Å². The van der Waals surface area contributed by atoms with Crippen LogP contribution < -0.4 is 4.74 Å². The molecule has 1 N–H and O–H groups in total. The SMILES string of the molecule is Cc1cc(C)cc(OCC(=O)N2CSCC2C(=O)O)c1. The van der Waals surface area contributed by atoms with Gasteiger partial charge in [-0.1, -0.05) is 6.07 Å². The molecule has 1 fully saturated rings. The second kappa shape index (κ2) is 6.17. The average molecular weight is 295 g/mol. The highest BCUT2D eigenvalue weighted by molar-refractivity contribution is 7.99. The summed E-state index contributed by atoms with van der Waals surface area (Å²) >= 11 is 1.44. The molecule has 0 aliphatic carbocycles. The van der Waals surface area contributed by atoms with E-state index in [1.54, 1.807) is 0 Å². The first-order valence-electron chi connectivity index (χ1n) is 6.28. The molecule has 1 aromatic rings. The normalized spacial score (nSPS) is 18.1. The summed E-state index contributed by atoms with van der Waals surface area (Å²) < 4.78 is 5.48. The van der Waals surface area contributed by atoms with Crippen LogP contribution in [0, 0.1) is 13.8 Å². The lowest BCUT2D eigenvalue weighted by Gasteiger charge is -2.20. The van der Waals surface area contributed by atoms with Gasteiger partial charge in [-0.15, -0.1) is 11.8 Å². The van der Waals surface area contributed by atoms with Gasteiger partial charge in [-0.2, -0.15) is 0 Å². The fraction of sp³-hybridized carbons (Fsp3) is 0.429. The quantitative estimate of drug-likeness (QED) is 0.915. The second-order valence-electron chi connectivity index (χ2n) is 4.83. The fourth-order valence-electron chi connectivity index (χ4n) is 2.14. The molecule has 1 amide bonds. The molecule has 6 heteroatoms. The van der Waals surface area contributed by atoms with Gasteiger partial charge in [0, 0.05) is 5.75 Å². The maximum Gasteiger partial charge on any atom is 0.327 e.